The second-order valence-corrected chi connectivity index (χ2v) is 9.21. The monoisotopic (exact) mass is 451 g/mol. The number of carbonyl (C=O) groups excluding carboxylic acids is 2. The minimum Gasteiger partial charge on any atom is -0.465 e. The van der Waals surface area contributed by atoms with Crippen molar-refractivity contribution < 1.29 is 22.7 Å². The number of pyridine rings is 1. The van der Waals surface area contributed by atoms with Gasteiger partial charge in [0.15, 0.2) is 0 Å². The first-order valence-electron chi connectivity index (χ1n) is 9.30. The van der Waals surface area contributed by atoms with Crippen molar-refractivity contribution in [2.75, 3.05) is 31.3 Å². The van der Waals surface area contributed by atoms with Crippen LogP contribution in [0.3, 0.4) is 0 Å². The molecule has 0 fully saturated rings. The van der Waals surface area contributed by atoms with Gasteiger partial charge in [-0.3, -0.25) is 4.79 Å². The number of hydrogen-bond donors (Lipinski definition) is 1. The fourth-order valence-electron chi connectivity index (χ4n) is 2.64. The molecule has 10 heteroatoms. The van der Waals surface area contributed by atoms with Gasteiger partial charge in [0.1, 0.15) is 4.90 Å². The molecule has 2 aromatic rings. The largest absolute Gasteiger partial charge is 0.465 e. The summed E-state index contributed by atoms with van der Waals surface area (Å²) in [5, 5.41) is 3.30. The zero-order valence-corrected chi connectivity index (χ0v) is 19.0. The van der Waals surface area contributed by atoms with Crippen LogP contribution >= 0.6 is 11.8 Å². The van der Waals surface area contributed by atoms with Crippen molar-refractivity contribution in [1.82, 2.24) is 9.29 Å². The van der Waals surface area contributed by atoms with Crippen molar-refractivity contribution in [3.63, 3.8) is 0 Å². The van der Waals surface area contributed by atoms with Gasteiger partial charge in [0.05, 0.1) is 23.5 Å². The van der Waals surface area contributed by atoms with E-state index in [9.17, 15) is 18.0 Å². The summed E-state index contributed by atoms with van der Waals surface area (Å²) in [5.41, 5.74) is 1.68. The van der Waals surface area contributed by atoms with Gasteiger partial charge in [-0.2, -0.15) is 4.31 Å². The maximum atomic E-state index is 12.5. The number of carbonyl (C=O) groups is 2. The van der Waals surface area contributed by atoms with Crippen molar-refractivity contribution >= 4 is 39.3 Å². The molecule has 30 heavy (non-hydrogen) atoms. The standard InChI is InChI=1S/C20H25N3O5S2/c1-5-23(6-2)30(26,27)16-9-10-19(21-12-16)29-13-18(24)22-17-11-15(20(25)28-4)8-7-14(17)3/h7-12H,5-6,13H2,1-4H3,(H,22,24). The molecule has 8 nitrogen and oxygen atoms in total. The maximum absolute atomic E-state index is 12.5. The van der Waals surface area contributed by atoms with Crippen LogP contribution in [0.4, 0.5) is 5.69 Å². The molecule has 0 saturated heterocycles. The normalized spacial score (nSPS) is 11.4. The zero-order valence-electron chi connectivity index (χ0n) is 17.3. The van der Waals surface area contributed by atoms with Crippen LogP contribution < -0.4 is 5.32 Å². The fourth-order valence-corrected chi connectivity index (χ4v) is 4.69. The Balaban J connectivity index is 2.01. The number of sulfonamides is 1. The lowest BCUT2D eigenvalue weighted by atomic mass is 10.1. The molecule has 0 bridgehead atoms. The highest BCUT2D eigenvalue weighted by Gasteiger charge is 2.21. The Morgan fingerprint density at radius 3 is 2.43 bits per heavy atom. The van der Waals surface area contributed by atoms with E-state index in [0.29, 0.717) is 29.4 Å². The number of methoxy groups -OCH3 is 1. The zero-order chi connectivity index (χ0) is 22.3. The molecular weight excluding hydrogens is 426 g/mol. The van der Waals surface area contributed by atoms with Crippen molar-refractivity contribution in [3.8, 4) is 0 Å². The van der Waals surface area contributed by atoms with Crippen molar-refractivity contribution in [2.45, 2.75) is 30.7 Å². The highest BCUT2D eigenvalue weighted by Crippen LogP contribution is 2.21. The summed E-state index contributed by atoms with van der Waals surface area (Å²) in [6.45, 7) is 6.14. The SMILES string of the molecule is CCN(CC)S(=O)(=O)c1ccc(SCC(=O)Nc2cc(C(=O)OC)ccc2C)nc1. The molecule has 162 valence electrons. The molecule has 2 rings (SSSR count). The smallest absolute Gasteiger partial charge is 0.337 e. The number of anilines is 1. The van der Waals surface area contributed by atoms with E-state index in [4.69, 9.17) is 4.74 Å². The van der Waals surface area contributed by atoms with E-state index in [1.807, 2.05) is 6.92 Å². The second-order valence-electron chi connectivity index (χ2n) is 6.28. The summed E-state index contributed by atoms with van der Waals surface area (Å²) in [5.74, 6) is -0.674. The predicted molar refractivity (Wildman–Crippen MR) is 116 cm³/mol. The number of aromatic nitrogens is 1. The number of amides is 1. The summed E-state index contributed by atoms with van der Waals surface area (Å²) >= 11 is 1.18. The molecule has 0 saturated carbocycles. The number of esters is 1. The lowest BCUT2D eigenvalue weighted by Gasteiger charge is -2.18. The van der Waals surface area contributed by atoms with Gasteiger partial charge in [0.25, 0.3) is 0 Å². The average Bonchev–Trinajstić information content (AvgIpc) is 2.74. The van der Waals surface area contributed by atoms with Crippen molar-refractivity contribution in [3.05, 3.63) is 47.7 Å². The van der Waals surface area contributed by atoms with Gasteiger partial charge >= 0.3 is 5.97 Å². The Kier molecular flexibility index (Phi) is 8.39. The summed E-state index contributed by atoms with van der Waals surface area (Å²) in [6, 6.07) is 7.99. The molecule has 1 amide bonds. The Bertz CT molecular complexity index is 1000. The molecule has 1 aromatic carbocycles. The van der Waals surface area contributed by atoms with Crippen molar-refractivity contribution in [2.24, 2.45) is 0 Å². The maximum Gasteiger partial charge on any atom is 0.337 e. The van der Waals surface area contributed by atoms with Crippen LogP contribution in [0.25, 0.3) is 0 Å². The first-order chi connectivity index (χ1) is 14.2. The van der Waals surface area contributed by atoms with E-state index in [1.165, 1.54) is 35.4 Å². The van der Waals surface area contributed by atoms with Gasteiger partial charge in [-0.05, 0) is 36.8 Å². The molecule has 0 aliphatic heterocycles. The quantitative estimate of drug-likeness (QED) is 0.461. The summed E-state index contributed by atoms with van der Waals surface area (Å²) in [6.07, 6.45) is 1.30. The van der Waals surface area contributed by atoms with E-state index >= 15 is 0 Å². The molecule has 1 aromatic heterocycles. The average molecular weight is 452 g/mol. The first-order valence-corrected chi connectivity index (χ1v) is 11.7. The lowest BCUT2D eigenvalue weighted by Crippen LogP contribution is -2.30. The molecule has 0 atom stereocenters. The third kappa shape index (κ3) is 5.80. The van der Waals surface area contributed by atoms with Gasteiger partial charge in [0, 0.05) is 25.0 Å². The Morgan fingerprint density at radius 2 is 1.87 bits per heavy atom. The van der Waals surface area contributed by atoms with Gasteiger partial charge in [-0.1, -0.05) is 31.7 Å². The molecule has 1 heterocycles. The first kappa shape index (κ1) is 23.8. The van der Waals surface area contributed by atoms with Gasteiger partial charge in [0.2, 0.25) is 15.9 Å². The number of benzene rings is 1. The molecule has 1 N–H and O–H groups in total. The number of aryl methyl sites for hydroxylation is 1. The van der Waals surface area contributed by atoms with Gasteiger partial charge in [-0.25, -0.2) is 18.2 Å². The third-order valence-electron chi connectivity index (χ3n) is 4.34. The van der Waals surface area contributed by atoms with Gasteiger partial charge < -0.3 is 10.1 Å². The molecule has 0 unspecified atom stereocenters. The van der Waals surface area contributed by atoms with Crippen LogP contribution in [0.1, 0.15) is 29.8 Å². The fraction of sp³-hybridized carbons (Fsp3) is 0.350. The Labute approximate surface area is 181 Å². The summed E-state index contributed by atoms with van der Waals surface area (Å²) < 4.78 is 31.0. The molecule has 0 aliphatic rings. The molecule has 0 spiro atoms. The molecule has 0 radical (unpaired) electrons. The molecule has 0 aliphatic carbocycles. The number of ether oxygens (including phenoxy) is 1. The number of hydrogen-bond acceptors (Lipinski definition) is 7. The van der Waals surface area contributed by atoms with Crippen molar-refractivity contribution in [1.29, 1.82) is 0 Å². The molecular formula is C20H25N3O5S2. The number of nitrogens with one attached hydrogen (secondary N) is 1. The van der Waals surface area contributed by atoms with E-state index in [-0.39, 0.29) is 16.6 Å². The third-order valence-corrected chi connectivity index (χ3v) is 7.31. The second kappa shape index (κ2) is 10.6. The number of rotatable bonds is 9. The number of nitrogens with zero attached hydrogens (tertiary/aromatic N) is 2. The summed E-state index contributed by atoms with van der Waals surface area (Å²) in [7, 11) is -2.27. The van der Waals surface area contributed by atoms with Crippen LogP contribution in [0, 0.1) is 6.92 Å². The van der Waals surface area contributed by atoms with E-state index < -0.39 is 16.0 Å². The van der Waals surface area contributed by atoms with Crippen LogP contribution in [-0.2, 0) is 19.6 Å². The predicted octanol–water partition coefficient (Wildman–Crippen LogP) is 2.94. The Morgan fingerprint density at radius 1 is 1.17 bits per heavy atom. The summed E-state index contributed by atoms with van der Waals surface area (Å²) in [4.78, 5) is 28.2. The number of thioether (sulfide) groups is 1. The minimum absolute atomic E-state index is 0.0804. The highest BCUT2D eigenvalue weighted by atomic mass is 32.2. The highest BCUT2D eigenvalue weighted by molar-refractivity contribution is 7.99. The van der Waals surface area contributed by atoms with Crippen LogP contribution in [-0.4, -0.2) is 55.5 Å². The lowest BCUT2D eigenvalue weighted by molar-refractivity contribution is -0.113. The van der Waals surface area contributed by atoms with Gasteiger partial charge in [-0.15, -0.1) is 0 Å². The van der Waals surface area contributed by atoms with E-state index in [2.05, 4.69) is 10.3 Å². The van der Waals surface area contributed by atoms with Crippen LogP contribution in [0.2, 0.25) is 0 Å². The minimum atomic E-state index is -3.56. The van der Waals surface area contributed by atoms with E-state index in [1.54, 1.807) is 38.1 Å². The Hall–Kier alpha value is -2.43. The van der Waals surface area contributed by atoms with E-state index in [0.717, 1.165) is 5.56 Å². The van der Waals surface area contributed by atoms with Crippen LogP contribution in [0.5, 0.6) is 0 Å². The van der Waals surface area contributed by atoms with Crippen LogP contribution in [0.15, 0.2) is 46.5 Å². The topological polar surface area (TPSA) is 106 Å².